The molecule has 0 fully saturated rings. The first kappa shape index (κ1) is 13.6. The minimum Gasteiger partial charge on any atom is -0.398 e. The Morgan fingerprint density at radius 3 is 2.84 bits per heavy atom. The maximum absolute atomic E-state index is 11.3. The van der Waals surface area contributed by atoms with Crippen molar-refractivity contribution in [2.24, 2.45) is 0 Å². The molecule has 0 aliphatic heterocycles. The predicted molar refractivity (Wildman–Crippen MR) is 77.5 cm³/mol. The van der Waals surface area contributed by atoms with Gasteiger partial charge in [0.15, 0.2) is 0 Å². The fourth-order valence-electron chi connectivity index (χ4n) is 1.76. The second-order valence-electron chi connectivity index (χ2n) is 4.05. The normalized spacial score (nSPS) is 11.6. The van der Waals surface area contributed by atoms with Gasteiger partial charge in [0.2, 0.25) is 10.0 Å². The molecular weight excluding hydrogens is 264 g/mol. The van der Waals surface area contributed by atoms with Crippen LogP contribution in [-0.4, -0.2) is 32.7 Å². The Hall–Kier alpha value is -1.86. The number of benzene rings is 1. The Kier molecular flexibility index (Phi) is 3.87. The second-order valence-corrected chi connectivity index (χ2v) is 6.10. The van der Waals surface area contributed by atoms with Crippen molar-refractivity contribution >= 4 is 32.3 Å². The molecule has 6 nitrogen and oxygen atoms in total. The minimum absolute atomic E-state index is 0.00219. The van der Waals surface area contributed by atoms with Gasteiger partial charge in [-0.1, -0.05) is 0 Å². The molecule has 7 heteroatoms. The monoisotopic (exact) mass is 280 g/mol. The molecule has 0 spiro atoms. The summed E-state index contributed by atoms with van der Waals surface area (Å²) < 4.78 is 24.9. The van der Waals surface area contributed by atoms with Crippen molar-refractivity contribution < 1.29 is 8.42 Å². The molecule has 4 N–H and O–H groups in total. The molecule has 0 aliphatic carbocycles. The number of hydrogen-bond donors (Lipinski definition) is 3. The van der Waals surface area contributed by atoms with Crippen molar-refractivity contribution in [3.8, 4) is 0 Å². The van der Waals surface area contributed by atoms with Crippen LogP contribution in [0.3, 0.4) is 0 Å². The third-order valence-corrected chi connectivity index (χ3v) is 4.16. The first-order chi connectivity index (χ1) is 9.03. The number of aromatic nitrogens is 1. The Morgan fingerprint density at radius 2 is 2.11 bits per heavy atom. The van der Waals surface area contributed by atoms with Gasteiger partial charge in [0.25, 0.3) is 0 Å². The highest BCUT2D eigenvalue weighted by Crippen LogP contribution is 2.25. The van der Waals surface area contributed by atoms with Crippen molar-refractivity contribution in [1.29, 1.82) is 0 Å². The van der Waals surface area contributed by atoms with Gasteiger partial charge in [-0.15, -0.1) is 0 Å². The first-order valence-electron chi connectivity index (χ1n) is 5.82. The summed E-state index contributed by atoms with van der Waals surface area (Å²) >= 11 is 0. The van der Waals surface area contributed by atoms with Crippen molar-refractivity contribution in [3.63, 3.8) is 0 Å². The lowest BCUT2D eigenvalue weighted by Crippen LogP contribution is -2.26. The van der Waals surface area contributed by atoms with Gasteiger partial charge in [-0.3, -0.25) is 4.98 Å². The predicted octanol–water partition coefficient (Wildman–Crippen LogP) is 0.778. The molecule has 0 atom stereocenters. The summed E-state index contributed by atoms with van der Waals surface area (Å²) in [4.78, 5) is 4.27. The van der Waals surface area contributed by atoms with E-state index in [0.717, 1.165) is 16.6 Å². The van der Waals surface area contributed by atoms with Crippen LogP contribution < -0.4 is 15.8 Å². The fraction of sp³-hybridized carbons (Fsp3) is 0.250. The topological polar surface area (TPSA) is 97.1 Å². The maximum Gasteiger partial charge on any atom is 0.213 e. The molecule has 0 saturated carbocycles. The number of fused-ring (bicyclic) bond motifs is 1. The van der Waals surface area contributed by atoms with Crippen molar-refractivity contribution in [2.45, 2.75) is 0 Å². The fourth-order valence-corrected chi connectivity index (χ4v) is 2.33. The van der Waals surface area contributed by atoms with Crippen molar-refractivity contribution in [2.75, 3.05) is 30.4 Å². The smallest absolute Gasteiger partial charge is 0.213 e. The van der Waals surface area contributed by atoms with Crippen LogP contribution in [0.1, 0.15) is 0 Å². The molecule has 0 radical (unpaired) electrons. The van der Waals surface area contributed by atoms with E-state index in [9.17, 15) is 8.42 Å². The molecule has 0 unspecified atom stereocenters. The molecule has 0 amide bonds. The van der Waals surface area contributed by atoms with Crippen LogP contribution in [0, 0.1) is 0 Å². The zero-order chi connectivity index (χ0) is 13.9. The van der Waals surface area contributed by atoms with Crippen molar-refractivity contribution in [3.05, 3.63) is 30.5 Å². The quantitative estimate of drug-likeness (QED) is 0.703. The van der Waals surface area contributed by atoms with Gasteiger partial charge >= 0.3 is 0 Å². The number of nitrogens with zero attached hydrogens (tertiary/aromatic N) is 1. The highest BCUT2D eigenvalue weighted by molar-refractivity contribution is 7.89. The van der Waals surface area contributed by atoms with Gasteiger partial charge in [0.1, 0.15) is 0 Å². The summed E-state index contributed by atoms with van der Waals surface area (Å²) in [7, 11) is -1.81. The van der Waals surface area contributed by atoms with Gasteiger partial charge in [0, 0.05) is 23.8 Å². The standard InChI is InChI=1S/C12H16N4O2S/c1-14-19(17,18)8-7-15-11-5-4-10(13)9-3-2-6-16-12(9)11/h2-6,14-15H,7-8,13H2,1H3. The Labute approximate surface area is 112 Å². The zero-order valence-electron chi connectivity index (χ0n) is 10.6. The molecule has 0 bridgehead atoms. The van der Waals surface area contributed by atoms with Gasteiger partial charge in [-0.2, -0.15) is 0 Å². The molecule has 1 heterocycles. The lowest BCUT2D eigenvalue weighted by atomic mass is 10.1. The summed E-state index contributed by atoms with van der Waals surface area (Å²) in [5.74, 6) is 0.00219. The molecule has 1 aromatic carbocycles. The van der Waals surface area contributed by atoms with Gasteiger partial charge in [-0.05, 0) is 31.3 Å². The van der Waals surface area contributed by atoms with Crippen LogP contribution in [0.5, 0.6) is 0 Å². The molecule has 2 aromatic rings. The van der Waals surface area contributed by atoms with Crippen LogP contribution in [0.25, 0.3) is 10.9 Å². The average molecular weight is 280 g/mol. The van der Waals surface area contributed by atoms with Gasteiger partial charge in [-0.25, -0.2) is 13.1 Å². The zero-order valence-corrected chi connectivity index (χ0v) is 11.4. The maximum atomic E-state index is 11.3. The number of rotatable bonds is 5. The highest BCUT2D eigenvalue weighted by atomic mass is 32.2. The number of sulfonamides is 1. The van der Waals surface area contributed by atoms with E-state index in [-0.39, 0.29) is 5.75 Å². The molecule has 102 valence electrons. The molecule has 2 rings (SSSR count). The third-order valence-electron chi connectivity index (χ3n) is 2.80. The largest absolute Gasteiger partial charge is 0.398 e. The third kappa shape index (κ3) is 3.12. The van der Waals surface area contributed by atoms with E-state index in [2.05, 4.69) is 15.0 Å². The Balaban J connectivity index is 2.20. The number of nitrogens with two attached hydrogens (primary N) is 1. The number of pyridine rings is 1. The van der Waals surface area contributed by atoms with Crippen LogP contribution in [0.4, 0.5) is 11.4 Å². The van der Waals surface area contributed by atoms with E-state index >= 15 is 0 Å². The van der Waals surface area contributed by atoms with E-state index in [0.29, 0.717) is 12.2 Å². The minimum atomic E-state index is -3.21. The lowest BCUT2D eigenvalue weighted by molar-refractivity contribution is 0.588. The summed E-state index contributed by atoms with van der Waals surface area (Å²) in [6, 6.07) is 7.27. The van der Waals surface area contributed by atoms with Gasteiger partial charge < -0.3 is 11.1 Å². The molecule has 1 aromatic heterocycles. The van der Waals surface area contributed by atoms with E-state index in [1.807, 2.05) is 12.1 Å². The van der Waals surface area contributed by atoms with Crippen LogP contribution in [-0.2, 0) is 10.0 Å². The lowest BCUT2D eigenvalue weighted by Gasteiger charge is -2.10. The van der Waals surface area contributed by atoms with Crippen LogP contribution in [0.15, 0.2) is 30.5 Å². The summed E-state index contributed by atoms with van der Waals surface area (Å²) in [5.41, 5.74) is 8.03. The summed E-state index contributed by atoms with van der Waals surface area (Å²) in [6.07, 6.45) is 1.68. The molecule has 0 aliphatic rings. The van der Waals surface area contributed by atoms with Crippen LogP contribution in [0.2, 0.25) is 0 Å². The van der Waals surface area contributed by atoms with E-state index in [4.69, 9.17) is 5.73 Å². The van der Waals surface area contributed by atoms with Crippen molar-refractivity contribution in [1.82, 2.24) is 9.71 Å². The van der Waals surface area contributed by atoms with E-state index < -0.39 is 10.0 Å². The number of anilines is 2. The number of hydrogen-bond acceptors (Lipinski definition) is 5. The highest BCUT2D eigenvalue weighted by Gasteiger charge is 2.08. The van der Waals surface area contributed by atoms with Gasteiger partial charge in [0.05, 0.1) is 17.0 Å². The molecular formula is C12H16N4O2S. The summed E-state index contributed by atoms with van der Waals surface area (Å²) in [6.45, 7) is 0.304. The average Bonchev–Trinajstić information content (AvgIpc) is 2.42. The number of nitrogen functional groups attached to an aromatic ring is 1. The Morgan fingerprint density at radius 1 is 1.32 bits per heavy atom. The number of nitrogens with one attached hydrogen (secondary N) is 2. The molecule has 0 saturated heterocycles. The summed E-state index contributed by atoms with van der Waals surface area (Å²) in [5, 5.41) is 3.92. The van der Waals surface area contributed by atoms with E-state index in [1.165, 1.54) is 7.05 Å². The second kappa shape index (κ2) is 5.41. The molecule has 19 heavy (non-hydrogen) atoms. The van der Waals surface area contributed by atoms with E-state index in [1.54, 1.807) is 18.3 Å². The SMILES string of the molecule is CNS(=O)(=O)CCNc1ccc(N)c2cccnc12. The van der Waals surface area contributed by atoms with Crippen LogP contribution >= 0.6 is 0 Å². The first-order valence-corrected chi connectivity index (χ1v) is 7.47. The Bertz CT molecular complexity index is 685.